The Kier molecular flexibility index (Phi) is 4.01. The Labute approximate surface area is 139 Å². The molecule has 1 aliphatic rings. The number of para-hydroxylation sites is 1. The second-order valence-corrected chi connectivity index (χ2v) is 6.32. The first kappa shape index (κ1) is 14.6. The minimum absolute atomic E-state index is 0.0579. The van der Waals surface area contributed by atoms with E-state index in [1.807, 2.05) is 36.4 Å². The second-order valence-electron chi connectivity index (χ2n) is 4.61. The van der Waals surface area contributed by atoms with E-state index < -0.39 is 0 Å². The molecule has 4 nitrogen and oxygen atoms in total. The number of fused-ring (bicyclic) bond motifs is 1. The molecule has 1 unspecified atom stereocenters. The summed E-state index contributed by atoms with van der Waals surface area (Å²) in [5.74, 6) is 1.31. The van der Waals surface area contributed by atoms with Crippen molar-refractivity contribution in [2.45, 2.75) is 6.04 Å². The first-order valence-electron chi connectivity index (χ1n) is 6.34. The molecule has 2 aromatic rings. The molecule has 108 valence electrons. The van der Waals surface area contributed by atoms with E-state index in [1.54, 1.807) is 7.05 Å². The van der Waals surface area contributed by atoms with E-state index in [2.05, 4.69) is 42.5 Å². The molecule has 2 N–H and O–H groups in total. The van der Waals surface area contributed by atoms with Gasteiger partial charge in [-0.3, -0.25) is 4.79 Å². The molecular weight excluding hydrogens is 400 g/mol. The molecule has 6 heteroatoms. The molecule has 1 atom stereocenters. The number of hydrogen-bond acceptors (Lipinski definition) is 3. The molecule has 0 spiro atoms. The van der Waals surface area contributed by atoms with Gasteiger partial charge < -0.3 is 15.4 Å². The molecule has 21 heavy (non-hydrogen) atoms. The van der Waals surface area contributed by atoms with E-state index in [-0.39, 0.29) is 11.9 Å². The number of benzene rings is 2. The van der Waals surface area contributed by atoms with Crippen LogP contribution in [0.2, 0.25) is 0 Å². The van der Waals surface area contributed by atoms with Crippen molar-refractivity contribution in [3.05, 3.63) is 50.9 Å². The Morgan fingerprint density at radius 1 is 1.14 bits per heavy atom. The van der Waals surface area contributed by atoms with Crippen LogP contribution in [-0.4, -0.2) is 13.0 Å². The van der Waals surface area contributed by atoms with Gasteiger partial charge in [0.15, 0.2) is 0 Å². The van der Waals surface area contributed by atoms with E-state index in [9.17, 15) is 4.79 Å². The van der Waals surface area contributed by atoms with Crippen LogP contribution in [0.3, 0.4) is 0 Å². The molecule has 0 aromatic heterocycles. The highest BCUT2D eigenvalue weighted by atomic mass is 79.9. The maximum absolute atomic E-state index is 11.9. The Balaban J connectivity index is 1.98. The number of rotatable bonds is 3. The number of carbonyl (C=O) groups excluding carboxylic acids is 1. The number of amides is 1. The van der Waals surface area contributed by atoms with Crippen molar-refractivity contribution in [1.82, 2.24) is 5.32 Å². The van der Waals surface area contributed by atoms with Crippen molar-refractivity contribution < 1.29 is 9.53 Å². The minimum atomic E-state index is -0.325. The summed E-state index contributed by atoms with van der Waals surface area (Å²) in [4.78, 5) is 11.9. The summed E-state index contributed by atoms with van der Waals surface area (Å²) < 4.78 is 7.57. The van der Waals surface area contributed by atoms with Crippen LogP contribution in [0.5, 0.6) is 11.5 Å². The highest BCUT2D eigenvalue weighted by Gasteiger charge is 2.30. The summed E-state index contributed by atoms with van der Waals surface area (Å²) in [5.41, 5.74) is 1.68. The van der Waals surface area contributed by atoms with Crippen LogP contribution in [0.4, 0.5) is 5.69 Å². The highest BCUT2D eigenvalue weighted by molar-refractivity contribution is 9.11. The van der Waals surface area contributed by atoms with Crippen LogP contribution >= 0.6 is 31.9 Å². The smallest absolute Gasteiger partial charge is 0.246 e. The lowest BCUT2D eigenvalue weighted by Crippen LogP contribution is -2.23. The number of likely N-dealkylation sites (N-methyl/N-ethyl adjacent to an activating group) is 1. The lowest BCUT2D eigenvalue weighted by molar-refractivity contribution is -0.117. The third kappa shape index (κ3) is 2.71. The Hall–Kier alpha value is -1.37. The van der Waals surface area contributed by atoms with Crippen molar-refractivity contribution in [3.8, 4) is 11.5 Å². The fourth-order valence-electron chi connectivity index (χ4n) is 2.27. The van der Waals surface area contributed by atoms with Crippen LogP contribution in [0, 0.1) is 0 Å². The van der Waals surface area contributed by atoms with E-state index in [0.717, 1.165) is 20.2 Å². The quantitative estimate of drug-likeness (QED) is 0.794. The van der Waals surface area contributed by atoms with Crippen molar-refractivity contribution in [3.63, 3.8) is 0 Å². The molecule has 1 aliphatic heterocycles. The molecule has 2 aromatic carbocycles. The Morgan fingerprint density at radius 2 is 1.90 bits per heavy atom. The van der Waals surface area contributed by atoms with Gasteiger partial charge >= 0.3 is 0 Å². The SMILES string of the molecule is CNC1C(=O)Nc2cc(Oc3ccccc3Br)c(Br)cc21. The summed E-state index contributed by atoms with van der Waals surface area (Å²) in [6.07, 6.45) is 0. The fraction of sp³-hybridized carbons (Fsp3) is 0.133. The largest absolute Gasteiger partial charge is 0.455 e. The van der Waals surface area contributed by atoms with Crippen LogP contribution in [0.15, 0.2) is 45.3 Å². The Bertz CT molecular complexity index is 719. The monoisotopic (exact) mass is 410 g/mol. The van der Waals surface area contributed by atoms with Gasteiger partial charge in [-0.1, -0.05) is 12.1 Å². The van der Waals surface area contributed by atoms with E-state index in [4.69, 9.17) is 4.74 Å². The van der Waals surface area contributed by atoms with Crippen molar-refractivity contribution in [2.24, 2.45) is 0 Å². The average molecular weight is 412 g/mol. The molecule has 0 fully saturated rings. The maximum Gasteiger partial charge on any atom is 0.246 e. The summed E-state index contributed by atoms with van der Waals surface area (Å²) in [6, 6.07) is 11.0. The maximum atomic E-state index is 11.9. The lowest BCUT2D eigenvalue weighted by Gasteiger charge is -2.12. The predicted molar refractivity (Wildman–Crippen MR) is 88.8 cm³/mol. The fourth-order valence-corrected chi connectivity index (χ4v) is 3.08. The first-order chi connectivity index (χ1) is 10.1. The zero-order chi connectivity index (χ0) is 15.0. The van der Waals surface area contributed by atoms with Crippen molar-refractivity contribution in [1.29, 1.82) is 0 Å². The van der Waals surface area contributed by atoms with E-state index in [1.165, 1.54) is 0 Å². The number of halogens is 2. The third-order valence-electron chi connectivity index (χ3n) is 3.28. The minimum Gasteiger partial charge on any atom is -0.455 e. The van der Waals surface area contributed by atoms with Gasteiger partial charge in [0.2, 0.25) is 5.91 Å². The number of carbonyl (C=O) groups is 1. The molecule has 0 aliphatic carbocycles. The third-order valence-corrected chi connectivity index (χ3v) is 4.56. The van der Waals surface area contributed by atoms with Gasteiger partial charge in [-0.25, -0.2) is 0 Å². The van der Waals surface area contributed by atoms with Gasteiger partial charge in [-0.05, 0) is 57.1 Å². The molecule has 0 saturated carbocycles. The number of ether oxygens (including phenoxy) is 1. The van der Waals surface area contributed by atoms with Gasteiger partial charge in [-0.2, -0.15) is 0 Å². The van der Waals surface area contributed by atoms with Crippen LogP contribution in [0.25, 0.3) is 0 Å². The van der Waals surface area contributed by atoms with Crippen LogP contribution in [0.1, 0.15) is 11.6 Å². The van der Waals surface area contributed by atoms with Crippen molar-refractivity contribution >= 4 is 43.5 Å². The Morgan fingerprint density at radius 3 is 2.62 bits per heavy atom. The van der Waals surface area contributed by atoms with Gasteiger partial charge in [0.1, 0.15) is 17.5 Å². The van der Waals surface area contributed by atoms with Gasteiger partial charge in [-0.15, -0.1) is 0 Å². The number of nitrogens with one attached hydrogen (secondary N) is 2. The predicted octanol–water partition coefficient (Wildman–Crippen LogP) is 4.22. The van der Waals surface area contributed by atoms with Gasteiger partial charge in [0.25, 0.3) is 0 Å². The lowest BCUT2D eigenvalue weighted by atomic mass is 10.1. The summed E-state index contributed by atoms with van der Waals surface area (Å²) >= 11 is 6.95. The molecule has 3 rings (SSSR count). The van der Waals surface area contributed by atoms with Crippen molar-refractivity contribution in [2.75, 3.05) is 12.4 Å². The molecular formula is C15H12Br2N2O2. The first-order valence-corrected chi connectivity index (χ1v) is 7.92. The topological polar surface area (TPSA) is 50.4 Å². The molecule has 1 heterocycles. The highest BCUT2D eigenvalue weighted by Crippen LogP contribution is 2.41. The van der Waals surface area contributed by atoms with E-state index in [0.29, 0.717) is 11.5 Å². The number of hydrogen-bond donors (Lipinski definition) is 2. The zero-order valence-electron chi connectivity index (χ0n) is 11.1. The second kappa shape index (κ2) is 5.79. The molecule has 1 amide bonds. The molecule has 0 saturated heterocycles. The summed E-state index contributed by atoms with van der Waals surface area (Å²) in [6.45, 7) is 0. The zero-order valence-corrected chi connectivity index (χ0v) is 14.3. The number of anilines is 1. The molecule has 0 bridgehead atoms. The standard InChI is InChI=1S/C15H12Br2N2O2/c1-18-14-8-6-10(17)13(7-11(8)19-15(14)20)21-12-5-3-2-4-9(12)16/h2-7,14,18H,1H3,(H,19,20). The normalized spacial score (nSPS) is 16.5. The average Bonchev–Trinajstić information content (AvgIpc) is 2.76. The summed E-state index contributed by atoms with van der Waals surface area (Å²) in [7, 11) is 1.76. The van der Waals surface area contributed by atoms with E-state index >= 15 is 0 Å². The van der Waals surface area contributed by atoms with Gasteiger partial charge in [0, 0.05) is 17.3 Å². The van der Waals surface area contributed by atoms with Crippen LogP contribution in [-0.2, 0) is 4.79 Å². The van der Waals surface area contributed by atoms with Gasteiger partial charge in [0.05, 0.1) is 8.95 Å². The summed E-state index contributed by atoms with van der Waals surface area (Å²) in [5, 5.41) is 5.85. The van der Waals surface area contributed by atoms with Crippen LogP contribution < -0.4 is 15.4 Å². The molecule has 0 radical (unpaired) electrons.